The van der Waals surface area contributed by atoms with E-state index in [1.807, 2.05) is 6.07 Å². The average molecular weight is 433 g/mol. The molecule has 0 amide bonds. The molecule has 0 radical (unpaired) electrons. The summed E-state index contributed by atoms with van der Waals surface area (Å²) in [5, 5.41) is 0. The van der Waals surface area contributed by atoms with E-state index in [1.54, 1.807) is 6.07 Å². The number of likely N-dealkylation sites (N-methyl/N-ethyl adjacent to an activating group) is 1. The number of amidine groups is 1. The average Bonchev–Trinajstić information content (AvgIpc) is 3.34. The number of nitrogens with zero attached hydrogens (tertiary/aromatic N) is 5. The highest BCUT2D eigenvalue weighted by Gasteiger charge is 2.63. The van der Waals surface area contributed by atoms with Crippen LogP contribution in [0.1, 0.15) is 19.4 Å². The van der Waals surface area contributed by atoms with Crippen LogP contribution in [-0.4, -0.2) is 83.0 Å². The molecule has 5 nitrogen and oxygen atoms in total. The Hall–Kier alpha value is -1.60. The number of hydrogen-bond acceptors (Lipinski definition) is 4. The molecule has 4 aliphatic heterocycles. The van der Waals surface area contributed by atoms with Crippen LogP contribution in [0.4, 0.5) is 10.1 Å². The van der Waals surface area contributed by atoms with Crippen LogP contribution >= 0.6 is 15.9 Å². The van der Waals surface area contributed by atoms with Crippen molar-refractivity contribution in [3.05, 3.63) is 28.0 Å². The summed E-state index contributed by atoms with van der Waals surface area (Å²) in [5.74, 6) is 0.687. The summed E-state index contributed by atoms with van der Waals surface area (Å²) in [6.45, 7) is 8.21. The van der Waals surface area contributed by atoms with Gasteiger partial charge < -0.3 is 9.80 Å². The Labute approximate surface area is 167 Å². The zero-order valence-electron chi connectivity index (χ0n) is 15.9. The fourth-order valence-electron chi connectivity index (χ4n) is 4.56. The molecule has 4 heterocycles. The minimum absolute atomic E-state index is 0.170. The lowest BCUT2D eigenvalue weighted by molar-refractivity contribution is -0.375. The van der Waals surface area contributed by atoms with Crippen molar-refractivity contribution in [3.63, 3.8) is 0 Å². The third-order valence-corrected chi connectivity index (χ3v) is 6.97. The lowest BCUT2D eigenvalue weighted by atomic mass is 10.0. The molecule has 142 valence electrons. The van der Waals surface area contributed by atoms with Gasteiger partial charge in [-0.1, -0.05) is 0 Å². The highest BCUT2D eigenvalue weighted by molar-refractivity contribution is 9.10. The van der Waals surface area contributed by atoms with Crippen LogP contribution in [0.15, 0.2) is 26.6 Å². The number of piperazine rings is 1. The first kappa shape index (κ1) is 17.5. The van der Waals surface area contributed by atoms with Gasteiger partial charge in [0.15, 0.2) is 17.3 Å². The van der Waals surface area contributed by atoms with E-state index in [2.05, 4.69) is 51.2 Å². The SMILES string of the molecule is CC1=[N+]2C3Cc4cc(Br)c(F)cc4N=C(N4CCN(C)CC4)C(=NC1C)C32. The second-order valence-corrected chi connectivity index (χ2v) is 8.93. The molecular weight excluding hydrogens is 409 g/mol. The van der Waals surface area contributed by atoms with E-state index in [0.717, 1.165) is 55.4 Å². The summed E-state index contributed by atoms with van der Waals surface area (Å²) >= 11 is 3.35. The molecule has 5 rings (SSSR count). The van der Waals surface area contributed by atoms with Crippen molar-refractivity contribution >= 4 is 38.9 Å². The van der Waals surface area contributed by atoms with Gasteiger partial charge in [0.05, 0.1) is 10.2 Å². The smallest absolute Gasteiger partial charge is 0.259 e. The Morgan fingerprint density at radius 2 is 1.96 bits per heavy atom. The first-order valence-electron chi connectivity index (χ1n) is 9.64. The Balaban J connectivity index is 1.66. The first-order chi connectivity index (χ1) is 12.9. The number of rotatable bonds is 0. The Morgan fingerprint density at radius 3 is 2.70 bits per heavy atom. The largest absolute Gasteiger partial charge is 0.352 e. The summed E-state index contributed by atoms with van der Waals surface area (Å²) in [6.07, 6.45) is 0.876. The van der Waals surface area contributed by atoms with Gasteiger partial charge in [-0.3, -0.25) is 4.99 Å². The fraction of sp³-hybridized carbons (Fsp3) is 0.550. The number of hydrogen-bond donors (Lipinski definition) is 0. The molecule has 2 fully saturated rings. The highest BCUT2D eigenvalue weighted by Crippen LogP contribution is 2.39. The number of aliphatic imine (C=N–C) groups is 2. The third kappa shape index (κ3) is 2.78. The minimum atomic E-state index is -0.260. The van der Waals surface area contributed by atoms with Gasteiger partial charge in [-0.2, -0.15) is 0 Å². The van der Waals surface area contributed by atoms with Crippen molar-refractivity contribution in [2.24, 2.45) is 9.98 Å². The molecule has 3 atom stereocenters. The molecule has 0 spiro atoms. The van der Waals surface area contributed by atoms with E-state index >= 15 is 0 Å². The molecule has 2 saturated heterocycles. The predicted molar refractivity (Wildman–Crippen MR) is 109 cm³/mol. The van der Waals surface area contributed by atoms with Crippen molar-refractivity contribution in [1.82, 2.24) is 9.80 Å². The molecule has 0 saturated carbocycles. The number of fused-ring (bicyclic) bond motifs is 2. The zero-order valence-corrected chi connectivity index (χ0v) is 17.5. The van der Waals surface area contributed by atoms with Crippen LogP contribution in [0.3, 0.4) is 0 Å². The van der Waals surface area contributed by atoms with Crippen molar-refractivity contribution in [2.45, 2.75) is 38.4 Å². The van der Waals surface area contributed by atoms with Gasteiger partial charge in [0, 0.05) is 45.6 Å². The van der Waals surface area contributed by atoms with Crippen molar-refractivity contribution in [2.75, 3.05) is 33.2 Å². The van der Waals surface area contributed by atoms with E-state index in [1.165, 1.54) is 5.71 Å². The molecule has 1 aromatic rings. The zero-order chi connectivity index (χ0) is 18.9. The lowest BCUT2D eigenvalue weighted by Gasteiger charge is -2.35. The normalized spacial score (nSPS) is 30.1. The van der Waals surface area contributed by atoms with Gasteiger partial charge >= 0.3 is 0 Å². The molecular formula is C20H24BrFN5+. The summed E-state index contributed by atoms with van der Waals surface area (Å²) in [4.78, 5) is 14.7. The van der Waals surface area contributed by atoms with Crippen LogP contribution in [0.2, 0.25) is 0 Å². The molecule has 1 aromatic carbocycles. The van der Waals surface area contributed by atoms with Gasteiger partial charge in [-0.25, -0.2) is 14.0 Å². The fourth-order valence-corrected chi connectivity index (χ4v) is 4.95. The van der Waals surface area contributed by atoms with Crippen LogP contribution < -0.4 is 0 Å². The second-order valence-electron chi connectivity index (χ2n) is 8.08. The molecule has 0 N–H and O–H groups in total. The van der Waals surface area contributed by atoms with Gasteiger partial charge in [-0.05, 0) is 41.5 Å². The molecule has 4 aliphatic rings. The van der Waals surface area contributed by atoms with Crippen LogP contribution in [-0.2, 0) is 6.42 Å². The quantitative estimate of drug-likeness (QED) is 0.466. The molecule has 7 heteroatoms. The Bertz CT molecular complexity index is 913. The molecule has 3 unspecified atom stereocenters. The van der Waals surface area contributed by atoms with Crippen LogP contribution in [0, 0.1) is 5.82 Å². The maximum atomic E-state index is 14.3. The monoisotopic (exact) mass is 432 g/mol. The van der Waals surface area contributed by atoms with E-state index in [-0.39, 0.29) is 11.9 Å². The first-order valence-corrected chi connectivity index (χ1v) is 10.4. The number of halogens is 2. The number of benzene rings is 1. The maximum Gasteiger partial charge on any atom is 0.259 e. The summed E-state index contributed by atoms with van der Waals surface area (Å²) in [6, 6.07) is 4.36. The van der Waals surface area contributed by atoms with Gasteiger partial charge in [0.25, 0.3) is 6.04 Å². The summed E-state index contributed by atoms with van der Waals surface area (Å²) < 4.78 is 17.3. The third-order valence-electron chi connectivity index (χ3n) is 6.37. The van der Waals surface area contributed by atoms with E-state index in [0.29, 0.717) is 16.6 Å². The molecule has 0 bridgehead atoms. The minimum Gasteiger partial charge on any atom is -0.352 e. The van der Waals surface area contributed by atoms with Gasteiger partial charge in [0.2, 0.25) is 6.04 Å². The van der Waals surface area contributed by atoms with Crippen molar-refractivity contribution in [1.29, 1.82) is 0 Å². The van der Waals surface area contributed by atoms with Crippen molar-refractivity contribution < 1.29 is 8.97 Å². The van der Waals surface area contributed by atoms with Crippen molar-refractivity contribution in [3.8, 4) is 0 Å². The van der Waals surface area contributed by atoms with Crippen LogP contribution in [0.5, 0.6) is 0 Å². The Morgan fingerprint density at radius 1 is 1.22 bits per heavy atom. The lowest BCUT2D eigenvalue weighted by Crippen LogP contribution is -2.51. The second kappa shape index (κ2) is 6.21. The molecule has 0 aromatic heterocycles. The molecule has 27 heavy (non-hydrogen) atoms. The summed E-state index contributed by atoms with van der Waals surface area (Å²) in [7, 11) is 2.15. The summed E-state index contributed by atoms with van der Waals surface area (Å²) in [5.41, 5.74) is 4.27. The van der Waals surface area contributed by atoms with E-state index in [4.69, 9.17) is 9.98 Å². The van der Waals surface area contributed by atoms with Gasteiger partial charge in [-0.15, -0.1) is 0 Å². The predicted octanol–water partition coefficient (Wildman–Crippen LogP) is 2.49. The topological polar surface area (TPSA) is 34.2 Å². The standard InChI is InChI=1S/C20H24BrFN5/c1-11-12(2)27-17-9-13-8-14(21)15(22)10-16(13)24-20(18(23-11)19(17)27)26-6-4-25(3)5-7-26/h8,10-11,17,19H,4-7,9H2,1-3H3/q+1. The van der Waals surface area contributed by atoms with Crippen LogP contribution in [0.25, 0.3) is 0 Å². The van der Waals surface area contributed by atoms with E-state index < -0.39 is 0 Å². The highest BCUT2D eigenvalue weighted by atomic mass is 79.9. The molecule has 0 aliphatic carbocycles. The van der Waals surface area contributed by atoms with Gasteiger partial charge in [0.1, 0.15) is 11.9 Å². The maximum absolute atomic E-state index is 14.3. The Kier molecular flexibility index (Phi) is 4.02. The van der Waals surface area contributed by atoms with E-state index in [9.17, 15) is 4.39 Å².